The number of nitrogens with zero attached hydrogens (tertiary/aromatic N) is 1. The fourth-order valence-electron chi connectivity index (χ4n) is 3.31. The number of benzene rings is 2. The second-order valence-electron chi connectivity index (χ2n) is 8.04. The average Bonchev–Trinajstić information content (AvgIpc) is 3.14. The van der Waals surface area contributed by atoms with Crippen LogP contribution in [0.5, 0.6) is 0 Å². The van der Waals surface area contributed by atoms with Crippen LogP contribution in [0.25, 0.3) is 0 Å². The van der Waals surface area contributed by atoms with Gasteiger partial charge in [0.2, 0.25) is 15.9 Å². The summed E-state index contributed by atoms with van der Waals surface area (Å²) in [6.45, 7) is 6.57. The number of carbonyl (C=O) groups excluding carboxylic acids is 1. The third kappa shape index (κ3) is 4.40. The molecule has 0 aromatic heterocycles. The van der Waals surface area contributed by atoms with Crippen LogP contribution < -0.4 is 5.32 Å². The van der Waals surface area contributed by atoms with Crippen molar-refractivity contribution < 1.29 is 13.2 Å². The summed E-state index contributed by atoms with van der Waals surface area (Å²) >= 11 is 5.87. The molecule has 2 aromatic carbocycles. The molecule has 0 bridgehead atoms. The lowest BCUT2D eigenvalue weighted by Crippen LogP contribution is -2.43. The quantitative estimate of drug-likeness (QED) is 0.795. The van der Waals surface area contributed by atoms with Crippen LogP contribution in [0.15, 0.2) is 53.4 Å². The third-order valence-electron chi connectivity index (χ3n) is 4.95. The van der Waals surface area contributed by atoms with Gasteiger partial charge >= 0.3 is 0 Å². The molecule has 0 radical (unpaired) electrons. The van der Waals surface area contributed by atoms with Crippen molar-refractivity contribution in [3.05, 3.63) is 59.1 Å². The topological polar surface area (TPSA) is 66.5 Å². The summed E-state index contributed by atoms with van der Waals surface area (Å²) < 4.78 is 27.6. The molecule has 0 unspecified atom stereocenters. The monoisotopic (exact) mass is 420 g/mol. The van der Waals surface area contributed by atoms with Crippen molar-refractivity contribution in [2.75, 3.05) is 11.9 Å². The highest BCUT2D eigenvalue weighted by molar-refractivity contribution is 7.89. The van der Waals surface area contributed by atoms with Crippen LogP contribution in [0.1, 0.15) is 39.2 Å². The lowest BCUT2D eigenvalue weighted by atomic mass is 9.87. The predicted octanol–water partition coefficient (Wildman–Crippen LogP) is 4.43. The van der Waals surface area contributed by atoms with Gasteiger partial charge in [-0.05, 0) is 60.2 Å². The maximum atomic E-state index is 13.1. The molecule has 0 spiro atoms. The third-order valence-corrected chi connectivity index (χ3v) is 7.12. The Hall–Kier alpha value is -1.89. The van der Waals surface area contributed by atoms with Gasteiger partial charge in [-0.25, -0.2) is 8.42 Å². The molecule has 1 saturated heterocycles. The van der Waals surface area contributed by atoms with E-state index in [-0.39, 0.29) is 16.2 Å². The van der Waals surface area contributed by atoms with Gasteiger partial charge in [-0.3, -0.25) is 4.79 Å². The van der Waals surface area contributed by atoms with Crippen molar-refractivity contribution in [1.82, 2.24) is 4.31 Å². The Morgan fingerprint density at radius 1 is 1.07 bits per heavy atom. The van der Waals surface area contributed by atoms with E-state index >= 15 is 0 Å². The summed E-state index contributed by atoms with van der Waals surface area (Å²) in [7, 11) is -3.74. The number of sulfonamides is 1. The maximum absolute atomic E-state index is 13.1. The molecule has 2 aromatic rings. The van der Waals surface area contributed by atoms with Crippen molar-refractivity contribution in [1.29, 1.82) is 0 Å². The van der Waals surface area contributed by atoms with E-state index in [1.165, 1.54) is 4.31 Å². The average molecular weight is 421 g/mol. The molecule has 1 N–H and O–H groups in total. The Balaban J connectivity index is 1.80. The van der Waals surface area contributed by atoms with Gasteiger partial charge in [0.25, 0.3) is 0 Å². The lowest BCUT2D eigenvalue weighted by Gasteiger charge is -2.24. The van der Waals surface area contributed by atoms with Crippen LogP contribution >= 0.6 is 11.6 Å². The minimum absolute atomic E-state index is 0.0586. The summed E-state index contributed by atoms with van der Waals surface area (Å²) in [5, 5.41) is 3.36. The fraction of sp³-hybridized carbons (Fsp3) is 0.381. The summed E-state index contributed by atoms with van der Waals surface area (Å²) in [6.07, 6.45) is 1.15. The lowest BCUT2D eigenvalue weighted by molar-refractivity contribution is -0.119. The van der Waals surface area contributed by atoms with Gasteiger partial charge in [0.1, 0.15) is 6.04 Å². The first-order valence-corrected chi connectivity index (χ1v) is 11.1. The molecule has 28 heavy (non-hydrogen) atoms. The van der Waals surface area contributed by atoms with E-state index in [0.29, 0.717) is 30.1 Å². The first-order valence-electron chi connectivity index (χ1n) is 9.28. The minimum Gasteiger partial charge on any atom is -0.325 e. The van der Waals surface area contributed by atoms with Gasteiger partial charge < -0.3 is 5.32 Å². The summed E-state index contributed by atoms with van der Waals surface area (Å²) in [4.78, 5) is 12.9. The fourth-order valence-corrected chi connectivity index (χ4v) is 5.09. The Labute approximate surface area is 171 Å². The second kappa shape index (κ2) is 7.85. The largest absolute Gasteiger partial charge is 0.325 e. The number of halogens is 1. The van der Waals surface area contributed by atoms with Crippen molar-refractivity contribution in [3.63, 3.8) is 0 Å². The van der Waals surface area contributed by atoms with Crippen LogP contribution in [0.3, 0.4) is 0 Å². The molecule has 1 atom stereocenters. The Morgan fingerprint density at radius 2 is 1.68 bits per heavy atom. The van der Waals surface area contributed by atoms with Gasteiger partial charge in [-0.1, -0.05) is 44.5 Å². The van der Waals surface area contributed by atoms with Crippen molar-refractivity contribution >= 4 is 33.2 Å². The number of carbonyl (C=O) groups is 1. The molecule has 7 heteroatoms. The van der Waals surface area contributed by atoms with Crippen LogP contribution in [0.4, 0.5) is 5.69 Å². The van der Waals surface area contributed by atoms with E-state index in [1.807, 2.05) is 12.1 Å². The van der Waals surface area contributed by atoms with Crippen molar-refractivity contribution in [3.8, 4) is 0 Å². The highest BCUT2D eigenvalue weighted by Gasteiger charge is 2.39. The molecule has 150 valence electrons. The summed E-state index contributed by atoms with van der Waals surface area (Å²) in [5.74, 6) is -0.324. The standard InChI is InChI=1S/C21H25ClN2O3S/c1-21(2,3)15-6-12-18(13-7-15)28(26,27)24-14-4-5-19(24)20(25)23-17-10-8-16(22)9-11-17/h6-13,19H,4-5,14H2,1-3H3,(H,23,25)/t19-/m0/s1. The molecule has 0 saturated carbocycles. The first kappa shape index (κ1) is 20.8. The SMILES string of the molecule is CC(C)(C)c1ccc(S(=O)(=O)N2CCC[C@H]2C(=O)Nc2ccc(Cl)cc2)cc1. The van der Waals surface area contributed by atoms with Crippen LogP contribution in [0, 0.1) is 0 Å². The van der Waals surface area contributed by atoms with E-state index < -0.39 is 16.1 Å². The molecular weight excluding hydrogens is 396 g/mol. The minimum atomic E-state index is -3.74. The van der Waals surface area contributed by atoms with Crippen LogP contribution in [-0.2, 0) is 20.2 Å². The number of rotatable bonds is 4. The van der Waals surface area contributed by atoms with Crippen LogP contribution in [0.2, 0.25) is 5.02 Å². The van der Waals surface area contributed by atoms with Gasteiger partial charge in [-0.15, -0.1) is 0 Å². The molecule has 1 aliphatic rings. The van der Waals surface area contributed by atoms with Gasteiger partial charge in [-0.2, -0.15) is 4.31 Å². The molecule has 1 aliphatic heterocycles. The van der Waals surface area contributed by atoms with E-state index in [2.05, 4.69) is 26.1 Å². The summed E-state index contributed by atoms with van der Waals surface area (Å²) in [5.41, 5.74) is 1.59. The smallest absolute Gasteiger partial charge is 0.243 e. The molecular formula is C21H25ClN2O3S. The number of hydrogen-bond acceptors (Lipinski definition) is 3. The van der Waals surface area contributed by atoms with E-state index in [9.17, 15) is 13.2 Å². The van der Waals surface area contributed by atoms with E-state index in [4.69, 9.17) is 11.6 Å². The van der Waals surface area contributed by atoms with Crippen molar-refractivity contribution in [2.24, 2.45) is 0 Å². The zero-order chi connectivity index (χ0) is 20.5. The Kier molecular flexibility index (Phi) is 5.84. The molecule has 5 nitrogen and oxygen atoms in total. The van der Waals surface area contributed by atoms with E-state index in [0.717, 1.165) is 5.56 Å². The maximum Gasteiger partial charge on any atom is 0.243 e. The van der Waals surface area contributed by atoms with Gasteiger partial charge in [0.05, 0.1) is 4.90 Å². The Bertz CT molecular complexity index is 949. The molecule has 3 rings (SSSR count). The number of anilines is 1. The number of nitrogens with one attached hydrogen (secondary N) is 1. The number of hydrogen-bond donors (Lipinski definition) is 1. The van der Waals surface area contributed by atoms with E-state index in [1.54, 1.807) is 36.4 Å². The Morgan fingerprint density at radius 3 is 2.25 bits per heavy atom. The molecule has 1 amide bonds. The zero-order valence-corrected chi connectivity index (χ0v) is 17.8. The highest BCUT2D eigenvalue weighted by atomic mass is 35.5. The normalized spacial score (nSPS) is 18.2. The van der Waals surface area contributed by atoms with Gasteiger partial charge in [0, 0.05) is 17.3 Å². The van der Waals surface area contributed by atoms with Crippen molar-refractivity contribution in [2.45, 2.75) is 50.0 Å². The highest BCUT2D eigenvalue weighted by Crippen LogP contribution is 2.29. The van der Waals surface area contributed by atoms with Crippen LogP contribution in [-0.4, -0.2) is 31.2 Å². The molecule has 1 fully saturated rings. The summed E-state index contributed by atoms with van der Waals surface area (Å²) in [6, 6.07) is 13.0. The molecule has 0 aliphatic carbocycles. The first-order chi connectivity index (χ1) is 13.1. The molecule has 1 heterocycles. The van der Waals surface area contributed by atoms with Gasteiger partial charge in [0.15, 0.2) is 0 Å². The number of amides is 1. The predicted molar refractivity (Wildman–Crippen MR) is 112 cm³/mol. The zero-order valence-electron chi connectivity index (χ0n) is 16.3. The second-order valence-corrected chi connectivity index (χ2v) is 10.4.